The molecule has 0 spiro atoms. The van der Waals surface area contributed by atoms with Gasteiger partial charge in [0.1, 0.15) is 10.7 Å². The second-order valence-electron chi connectivity index (χ2n) is 4.26. The fourth-order valence-corrected chi connectivity index (χ4v) is 3.18. The van der Waals surface area contributed by atoms with E-state index >= 15 is 0 Å². The summed E-state index contributed by atoms with van der Waals surface area (Å²) in [6, 6.07) is 6.59. The van der Waals surface area contributed by atoms with E-state index in [0.29, 0.717) is 16.9 Å². The molecule has 0 bridgehead atoms. The number of benzene rings is 1. The van der Waals surface area contributed by atoms with E-state index in [-0.39, 0.29) is 10.7 Å². The number of nitrogen functional groups attached to an aromatic ring is 1. The largest absolute Gasteiger partial charge is 0.384 e. The standard InChI is InChI=1S/C12H15N5O2S/c1-8-11(7-15-16-8)20(18,19)17(2)10-6-4-3-5-9(10)12(13)14/h3-7H,1-2H3,(H3,13,14)(H,15,16). The number of H-pyrrole nitrogens is 1. The summed E-state index contributed by atoms with van der Waals surface area (Å²) in [4.78, 5) is 0.0957. The SMILES string of the molecule is Cc1[nH]ncc1S(=O)(=O)N(C)c1ccccc1C(=N)N. The number of amidine groups is 1. The highest BCUT2D eigenvalue weighted by Crippen LogP contribution is 2.26. The lowest BCUT2D eigenvalue weighted by atomic mass is 10.1. The van der Waals surface area contributed by atoms with Gasteiger partial charge in [0.05, 0.1) is 17.6 Å². The average molecular weight is 293 g/mol. The Morgan fingerprint density at radius 1 is 1.40 bits per heavy atom. The fourth-order valence-electron chi connectivity index (χ4n) is 1.85. The molecule has 1 aromatic heterocycles. The average Bonchev–Trinajstić information content (AvgIpc) is 2.84. The van der Waals surface area contributed by atoms with Crippen molar-refractivity contribution in [2.45, 2.75) is 11.8 Å². The number of nitrogens with two attached hydrogens (primary N) is 1. The van der Waals surface area contributed by atoms with Gasteiger partial charge in [-0.3, -0.25) is 14.8 Å². The molecule has 0 aliphatic rings. The van der Waals surface area contributed by atoms with Crippen molar-refractivity contribution >= 4 is 21.5 Å². The van der Waals surface area contributed by atoms with Crippen molar-refractivity contribution < 1.29 is 8.42 Å². The van der Waals surface area contributed by atoms with Crippen LogP contribution in [0, 0.1) is 12.3 Å². The smallest absolute Gasteiger partial charge is 0.267 e. The van der Waals surface area contributed by atoms with Gasteiger partial charge in [-0.05, 0) is 19.1 Å². The molecule has 4 N–H and O–H groups in total. The minimum atomic E-state index is -3.75. The van der Waals surface area contributed by atoms with Gasteiger partial charge in [0.2, 0.25) is 0 Å². The second kappa shape index (κ2) is 4.97. The van der Waals surface area contributed by atoms with Crippen LogP contribution in [0.2, 0.25) is 0 Å². The Hall–Kier alpha value is -2.35. The molecule has 0 atom stereocenters. The Morgan fingerprint density at radius 3 is 2.60 bits per heavy atom. The van der Waals surface area contributed by atoms with Crippen LogP contribution >= 0.6 is 0 Å². The van der Waals surface area contributed by atoms with Crippen LogP contribution in [0.3, 0.4) is 0 Å². The van der Waals surface area contributed by atoms with Crippen LogP contribution in [0.25, 0.3) is 0 Å². The number of aromatic amines is 1. The third-order valence-electron chi connectivity index (χ3n) is 2.96. The third-order valence-corrected chi connectivity index (χ3v) is 4.84. The normalized spacial score (nSPS) is 11.3. The molecule has 20 heavy (non-hydrogen) atoms. The van der Waals surface area contributed by atoms with E-state index < -0.39 is 10.0 Å². The molecular formula is C12H15N5O2S. The Morgan fingerprint density at radius 2 is 2.05 bits per heavy atom. The van der Waals surface area contributed by atoms with Gasteiger partial charge in [-0.25, -0.2) is 8.42 Å². The highest BCUT2D eigenvalue weighted by Gasteiger charge is 2.26. The molecule has 2 rings (SSSR count). The zero-order valence-corrected chi connectivity index (χ0v) is 11.9. The first-order valence-corrected chi connectivity index (χ1v) is 7.22. The lowest BCUT2D eigenvalue weighted by molar-refractivity contribution is 0.594. The quantitative estimate of drug-likeness (QED) is 0.571. The van der Waals surface area contributed by atoms with Crippen LogP contribution in [-0.2, 0) is 10.0 Å². The predicted octanol–water partition coefficient (Wildman–Crippen LogP) is 0.827. The van der Waals surface area contributed by atoms with Gasteiger partial charge in [-0.15, -0.1) is 0 Å². The van der Waals surface area contributed by atoms with Gasteiger partial charge < -0.3 is 5.73 Å². The zero-order valence-electron chi connectivity index (χ0n) is 11.1. The molecule has 8 heteroatoms. The third kappa shape index (κ3) is 2.25. The van der Waals surface area contributed by atoms with Crippen molar-refractivity contribution in [3.05, 3.63) is 41.7 Å². The van der Waals surface area contributed by atoms with Crippen molar-refractivity contribution in [2.75, 3.05) is 11.4 Å². The Bertz CT molecular complexity index is 751. The predicted molar refractivity (Wildman–Crippen MR) is 76.4 cm³/mol. The summed E-state index contributed by atoms with van der Waals surface area (Å²) in [6.07, 6.45) is 1.26. The van der Waals surface area contributed by atoms with Crippen LogP contribution < -0.4 is 10.0 Å². The van der Waals surface area contributed by atoms with Crippen molar-refractivity contribution in [3.63, 3.8) is 0 Å². The van der Waals surface area contributed by atoms with Gasteiger partial charge in [0, 0.05) is 12.6 Å². The van der Waals surface area contributed by atoms with Crippen LogP contribution in [0.4, 0.5) is 5.69 Å². The number of nitrogens with one attached hydrogen (secondary N) is 2. The van der Waals surface area contributed by atoms with Crippen LogP contribution in [0.15, 0.2) is 35.4 Å². The number of aryl methyl sites for hydroxylation is 1. The lowest BCUT2D eigenvalue weighted by Gasteiger charge is -2.21. The summed E-state index contributed by atoms with van der Waals surface area (Å²) >= 11 is 0. The summed E-state index contributed by atoms with van der Waals surface area (Å²) in [7, 11) is -2.33. The minimum Gasteiger partial charge on any atom is -0.384 e. The van der Waals surface area contributed by atoms with E-state index in [1.807, 2.05) is 0 Å². The first-order valence-electron chi connectivity index (χ1n) is 5.78. The molecular weight excluding hydrogens is 278 g/mol. The first-order chi connectivity index (χ1) is 9.35. The number of para-hydroxylation sites is 1. The Labute approximate surface area is 117 Å². The molecule has 2 aromatic rings. The molecule has 0 aliphatic carbocycles. The van der Waals surface area contributed by atoms with Crippen LogP contribution in [0.5, 0.6) is 0 Å². The van der Waals surface area contributed by atoms with E-state index in [1.165, 1.54) is 13.2 Å². The highest BCUT2D eigenvalue weighted by molar-refractivity contribution is 7.92. The summed E-state index contributed by atoms with van der Waals surface area (Å²) in [5, 5.41) is 13.8. The number of rotatable bonds is 4. The number of sulfonamides is 1. The van der Waals surface area contributed by atoms with Crippen molar-refractivity contribution in [2.24, 2.45) is 5.73 Å². The Balaban J connectivity index is 2.55. The summed E-state index contributed by atoms with van der Waals surface area (Å²) in [5.74, 6) is -0.188. The van der Waals surface area contributed by atoms with E-state index in [0.717, 1.165) is 4.31 Å². The lowest BCUT2D eigenvalue weighted by Crippen LogP contribution is -2.29. The molecule has 0 fully saturated rings. The second-order valence-corrected chi connectivity index (χ2v) is 6.20. The number of hydrogen-bond donors (Lipinski definition) is 3. The Kier molecular flexibility index (Phi) is 3.49. The van der Waals surface area contributed by atoms with Crippen molar-refractivity contribution in [1.82, 2.24) is 10.2 Å². The van der Waals surface area contributed by atoms with E-state index in [4.69, 9.17) is 11.1 Å². The number of aromatic nitrogens is 2. The molecule has 0 aliphatic heterocycles. The molecule has 0 amide bonds. The molecule has 1 heterocycles. The highest BCUT2D eigenvalue weighted by atomic mass is 32.2. The number of hydrogen-bond acceptors (Lipinski definition) is 4. The zero-order chi connectivity index (χ0) is 14.9. The molecule has 0 unspecified atom stereocenters. The summed E-state index contributed by atoms with van der Waals surface area (Å²) in [6.45, 7) is 1.63. The van der Waals surface area contributed by atoms with Gasteiger partial charge in [-0.2, -0.15) is 5.10 Å². The summed E-state index contributed by atoms with van der Waals surface area (Å²) in [5.41, 5.74) is 6.65. The molecule has 0 radical (unpaired) electrons. The minimum absolute atomic E-state index is 0.0957. The molecule has 1 aromatic carbocycles. The van der Waals surface area contributed by atoms with Gasteiger partial charge in [0.25, 0.3) is 10.0 Å². The van der Waals surface area contributed by atoms with Crippen LogP contribution in [0.1, 0.15) is 11.3 Å². The number of anilines is 1. The molecule has 106 valence electrons. The first kappa shape index (κ1) is 14.1. The molecule has 0 saturated heterocycles. The van der Waals surface area contributed by atoms with Crippen LogP contribution in [-0.4, -0.2) is 31.5 Å². The topological polar surface area (TPSA) is 116 Å². The van der Waals surface area contributed by atoms with E-state index in [1.54, 1.807) is 31.2 Å². The van der Waals surface area contributed by atoms with E-state index in [9.17, 15) is 8.42 Å². The maximum Gasteiger partial charge on any atom is 0.267 e. The van der Waals surface area contributed by atoms with E-state index in [2.05, 4.69) is 10.2 Å². The van der Waals surface area contributed by atoms with Gasteiger partial charge in [-0.1, -0.05) is 12.1 Å². The van der Waals surface area contributed by atoms with Crippen molar-refractivity contribution in [3.8, 4) is 0 Å². The van der Waals surface area contributed by atoms with Crippen molar-refractivity contribution in [1.29, 1.82) is 5.41 Å². The fraction of sp³-hybridized carbons (Fsp3) is 0.167. The number of nitrogens with zero attached hydrogens (tertiary/aromatic N) is 2. The maximum absolute atomic E-state index is 12.5. The maximum atomic E-state index is 12.5. The molecule has 0 saturated carbocycles. The molecule has 7 nitrogen and oxygen atoms in total. The van der Waals surface area contributed by atoms with Gasteiger partial charge >= 0.3 is 0 Å². The van der Waals surface area contributed by atoms with Gasteiger partial charge in [0.15, 0.2) is 0 Å². The summed E-state index contributed by atoms with van der Waals surface area (Å²) < 4.78 is 26.2. The monoisotopic (exact) mass is 293 g/mol.